The molecule has 2 heterocycles. The van der Waals surface area contributed by atoms with Crippen molar-refractivity contribution in [1.29, 1.82) is 0 Å². The number of amides is 1. The van der Waals surface area contributed by atoms with Gasteiger partial charge in [0.1, 0.15) is 5.82 Å². The number of carbonyl (C=O) groups excluding carboxylic acids is 1. The van der Waals surface area contributed by atoms with Crippen LogP contribution >= 0.6 is 0 Å². The molecule has 2 aromatic heterocycles. The van der Waals surface area contributed by atoms with Crippen molar-refractivity contribution in [3.8, 4) is 11.3 Å². The van der Waals surface area contributed by atoms with Gasteiger partial charge in [0.25, 0.3) is 5.89 Å². The molecule has 0 spiro atoms. The Morgan fingerprint density at radius 2 is 1.68 bits per heavy atom. The molecule has 47 heavy (non-hydrogen) atoms. The van der Waals surface area contributed by atoms with Gasteiger partial charge < -0.3 is 14.7 Å². The Bertz CT molecular complexity index is 1600. The maximum atomic E-state index is 14.5. The molecule has 2 bridgehead atoms. The molecule has 1 aromatic carbocycles. The van der Waals surface area contributed by atoms with Gasteiger partial charge in [-0.05, 0) is 102 Å². The lowest BCUT2D eigenvalue weighted by Crippen LogP contribution is -2.60. The number of hydrogen-bond donors (Lipinski definition) is 2. The summed E-state index contributed by atoms with van der Waals surface area (Å²) in [6.45, 7) is 6.40. The van der Waals surface area contributed by atoms with Gasteiger partial charge in [-0.1, -0.05) is 41.9 Å². The van der Waals surface area contributed by atoms with Crippen molar-refractivity contribution < 1.29 is 37.1 Å². The van der Waals surface area contributed by atoms with E-state index in [1.54, 1.807) is 44.2 Å². The largest absolute Gasteiger partial charge is 0.417 e. The van der Waals surface area contributed by atoms with Crippen LogP contribution in [0.1, 0.15) is 102 Å². The van der Waals surface area contributed by atoms with Crippen LogP contribution in [0.5, 0.6) is 0 Å². The fourth-order valence-electron chi connectivity index (χ4n) is 7.73. The van der Waals surface area contributed by atoms with Crippen molar-refractivity contribution in [3.63, 3.8) is 0 Å². The van der Waals surface area contributed by atoms with Crippen LogP contribution in [0.2, 0.25) is 0 Å². The molecule has 3 aliphatic rings. The normalized spacial score (nSPS) is 28.1. The van der Waals surface area contributed by atoms with Crippen molar-refractivity contribution >= 4 is 11.7 Å². The van der Waals surface area contributed by atoms with Crippen molar-refractivity contribution in [2.75, 3.05) is 11.4 Å². The second kappa shape index (κ2) is 11.6. The maximum absolute atomic E-state index is 14.5. The molecule has 3 aromatic rings. The molecular weight excluding hydrogens is 616 g/mol. The third-order valence-corrected chi connectivity index (χ3v) is 10.5. The molecule has 3 unspecified atom stereocenters. The minimum Gasteiger partial charge on any atom is -0.386 e. The Labute approximate surface area is 271 Å². The summed E-state index contributed by atoms with van der Waals surface area (Å²) in [5.74, 6) is -0.542. The van der Waals surface area contributed by atoms with Gasteiger partial charge in [0.15, 0.2) is 17.1 Å². The number of carbonyl (C=O) groups is 1. The number of benzene rings is 1. The molecule has 1 amide bonds. The van der Waals surface area contributed by atoms with Crippen LogP contribution in [0.15, 0.2) is 47.0 Å². The van der Waals surface area contributed by atoms with E-state index in [0.717, 1.165) is 43.2 Å². The number of halogens is 4. The number of rotatable bonds is 8. The van der Waals surface area contributed by atoms with E-state index in [1.165, 1.54) is 18.7 Å². The van der Waals surface area contributed by atoms with Gasteiger partial charge in [-0.3, -0.25) is 9.69 Å². The highest BCUT2D eigenvalue weighted by molar-refractivity contribution is 5.95. The van der Waals surface area contributed by atoms with Crippen molar-refractivity contribution in [2.24, 2.45) is 17.3 Å². The second-order valence-electron chi connectivity index (χ2n) is 15.0. The lowest BCUT2D eigenvalue weighted by molar-refractivity contribution is -0.295. The molecule has 3 atom stereocenters. The summed E-state index contributed by atoms with van der Waals surface area (Å²) in [4.78, 5) is 24.8. The first-order valence-electron chi connectivity index (χ1n) is 16.3. The topological polar surface area (TPSA) is 113 Å². The fourth-order valence-corrected chi connectivity index (χ4v) is 7.73. The van der Waals surface area contributed by atoms with Crippen molar-refractivity contribution in [3.05, 3.63) is 59.7 Å². The predicted octanol–water partition coefficient (Wildman–Crippen LogP) is 7.35. The Morgan fingerprint density at radius 3 is 2.30 bits per heavy atom. The van der Waals surface area contributed by atoms with Crippen LogP contribution in [-0.2, 0) is 16.1 Å². The van der Waals surface area contributed by atoms with Crippen LogP contribution in [0.4, 0.5) is 23.4 Å². The van der Waals surface area contributed by atoms with Gasteiger partial charge in [-0.2, -0.15) is 18.2 Å². The molecule has 3 aliphatic carbocycles. The highest BCUT2D eigenvalue weighted by atomic mass is 19.4. The Kier molecular flexibility index (Phi) is 8.31. The molecule has 0 radical (unpaired) electrons. The van der Waals surface area contributed by atoms with E-state index in [9.17, 15) is 32.6 Å². The fraction of sp³-hybridized carbons (Fsp3) is 0.600. The molecule has 12 heteroatoms. The zero-order chi connectivity index (χ0) is 34.0. The number of anilines is 1. The van der Waals surface area contributed by atoms with E-state index in [4.69, 9.17) is 9.51 Å². The van der Waals surface area contributed by atoms with Crippen LogP contribution in [-0.4, -0.2) is 49.6 Å². The molecule has 3 saturated carbocycles. The molecular formula is C35H42F4N4O4. The quantitative estimate of drug-likeness (QED) is 0.243. The minimum atomic E-state index is -4.82. The lowest BCUT2D eigenvalue weighted by atomic mass is 9.58. The first kappa shape index (κ1) is 33.5. The lowest BCUT2D eigenvalue weighted by Gasteiger charge is -2.51. The molecule has 0 aliphatic heterocycles. The van der Waals surface area contributed by atoms with Gasteiger partial charge in [0, 0.05) is 23.9 Å². The Hall–Kier alpha value is -3.38. The first-order chi connectivity index (χ1) is 21.9. The van der Waals surface area contributed by atoms with Gasteiger partial charge in [0.2, 0.25) is 5.91 Å². The van der Waals surface area contributed by atoms with E-state index in [1.807, 2.05) is 12.1 Å². The Morgan fingerprint density at radius 1 is 0.979 bits per heavy atom. The molecule has 0 saturated heterocycles. The SMILES string of the molecule is CC(C)(O)c1ccc(-c2cccc(N(CC34CCCC(C3)C(c3noc(C(C)(C)F)n3)CC4)C(=O)[C@H]3C[C@](O)(C(F)(F)F)C3)n2)cc1. The van der Waals surface area contributed by atoms with Crippen molar-refractivity contribution in [2.45, 2.75) is 108 Å². The van der Waals surface area contributed by atoms with E-state index < -0.39 is 47.7 Å². The van der Waals surface area contributed by atoms with Gasteiger partial charge in [-0.25, -0.2) is 9.37 Å². The van der Waals surface area contributed by atoms with Gasteiger partial charge >= 0.3 is 6.18 Å². The summed E-state index contributed by atoms with van der Waals surface area (Å²) in [5, 5.41) is 24.6. The highest BCUT2D eigenvalue weighted by Gasteiger charge is 2.63. The third kappa shape index (κ3) is 6.55. The number of alkyl halides is 4. The molecule has 2 N–H and O–H groups in total. The molecule has 8 nitrogen and oxygen atoms in total. The summed E-state index contributed by atoms with van der Waals surface area (Å²) >= 11 is 0. The predicted molar refractivity (Wildman–Crippen MR) is 166 cm³/mol. The smallest absolute Gasteiger partial charge is 0.386 e. The molecule has 3 fully saturated rings. The summed E-state index contributed by atoms with van der Waals surface area (Å²) < 4.78 is 60.3. The number of aromatic nitrogens is 3. The standard InChI is InChI=1S/C35H42F4N4O4/c1-31(2,36)30-41-28(42-47-30)25-14-16-33(15-6-7-22(25)17-33)20-43(29(44)23-18-34(46,19-23)35(37,38)39)27-9-5-8-26(40-27)21-10-12-24(13-11-21)32(3,4)45/h5,8-13,22-23,25,45-46H,6-7,14-20H2,1-4H3/t22?,23-,25?,33?,34+. The van der Waals surface area contributed by atoms with E-state index >= 15 is 0 Å². The summed E-state index contributed by atoms with van der Waals surface area (Å²) in [6.07, 6.45) is -1.38. The van der Waals surface area contributed by atoms with Gasteiger partial charge in [-0.15, -0.1) is 0 Å². The van der Waals surface area contributed by atoms with E-state index in [0.29, 0.717) is 23.8 Å². The highest BCUT2D eigenvalue weighted by Crippen LogP contribution is 2.55. The number of pyridine rings is 1. The first-order valence-corrected chi connectivity index (χ1v) is 16.3. The maximum Gasteiger partial charge on any atom is 0.417 e. The minimum absolute atomic E-state index is 0.0193. The van der Waals surface area contributed by atoms with Gasteiger partial charge in [0.05, 0.1) is 11.3 Å². The van der Waals surface area contributed by atoms with Crippen LogP contribution in [0, 0.1) is 17.3 Å². The van der Waals surface area contributed by atoms with E-state index in [2.05, 4.69) is 10.1 Å². The van der Waals surface area contributed by atoms with Crippen LogP contribution in [0.25, 0.3) is 11.3 Å². The number of nitrogens with zero attached hydrogens (tertiary/aromatic N) is 4. The average Bonchev–Trinajstić information content (AvgIpc) is 3.48. The number of hydrogen-bond acceptors (Lipinski definition) is 7. The van der Waals surface area contributed by atoms with E-state index in [-0.39, 0.29) is 29.7 Å². The number of fused-ring (bicyclic) bond motifs is 2. The monoisotopic (exact) mass is 658 g/mol. The van der Waals surface area contributed by atoms with Crippen molar-refractivity contribution in [1.82, 2.24) is 15.1 Å². The third-order valence-electron chi connectivity index (χ3n) is 10.5. The average molecular weight is 659 g/mol. The zero-order valence-electron chi connectivity index (χ0n) is 27.1. The number of aliphatic hydroxyl groups is 2. The molecule has 254 valence electrons. The Balaban J connectivity index is 1.28. The summed E-state index contributed by atoms with van der Waals surface area (Å²) in [7, 11) is 0. The zero-order valence-corrected chi connectivity index (χ0v) is 27.1. The molecule has 6 rings (SSSR count). The second-order valence-corrected chi connectivity index (χ2v) is 15.0. The summed E-state index contributed by atoms with van der Waals surface area (Å²) in [5.41, 5.74) is -3.90. The van der Waals surface area contributed by atoms with Crippen LogP contribution in [0.3, 0.4) is 0 Å². The van der Waals surface area contributed by atoms with Crippen LogP contribution < -0.4 is 4.90 Å². The summed E-state index contributed by atoms with van der Waals surface area (Å²) in [6, 6.07) is 12.5.